The van der Waals surface area contributed by atoms with Gasteiger partial charge in [0.2, 0.25) is 11.8 Å². The van der Waals surface area contributed by atoms with Crippen molar-refractivity contribution >= 4 is 17.8 Å². The fraction of sp³-hybridized carbons (Fsp3) is 0.348. The quantitative estimate of drug-likeness (QED) is 0.629. The first-order valence-corrected chi connectivity index (χ1v) is 10.3. The number of benzene rings is 2. The highest BCUT2D eigenvalue weighted by molar-refractivity contribution is 5.94. The number of rotatable bonds is 7. The average Bonchev–Trinajstić information content (AvgIpc) is 2.78. The van der Waals surface area contributed by atoms with E-state index >= 15 is 0 Å². The summed E-state index contributed by atoms with van der Waals surface area (Å²) in [5.41, 5.74) is 3.19. The Hall–Kier alpha value is -3.26. The van der Waals surface area contributed by atoms with Crippen LogP contribution in [0.4, 0.5) is 9.18 Å². The third kappa shape index (κ3) is 6.36. The van der Waals surface area contributed by atoms with Crippen molar-refractivity contribution < 1.29 is 18.8 Å². The summed E-state index contributed by atoms with van der Waals surface area (Å²) in [7, 11) is 1.44. The van der Waals surface area contributed by atoms with Gasteiger partial charge in [-0.15, -0.1) is 0 Å². The monoisotopic (exact) mass is 426 g/mol. The zero-order chi connectivity index (χ0) is 22.2. The molecule has 2 aromatic rings. The molecule has 4 amide bonds. The normalized spacial score (nSPS) is 15.6. The Morgan fingerprint density at radius 3 is 2.48 bits per heavy atom. The maximum absolute atomic E-state index is 13.0. The van der Waals surface area contributed by atoms with Gasteiger partial charge in [-0.3, -0.25) is 19.8 Å². The molecule has 0 bridgehead atoms. The van der Waals surface area contributed by atoms with Crippen LogP contribution in [0.1, 0.15) is 23.1 Å². The third-order valence-corrected chi connectivity index (χ3v) is 5.38. The molecule has 0 saturated carbocycles. The van der Waals surface area contributed by atoms with Crippen molar-refractivity contribution in [2.75, 3.05) is 20.1 Å². The summed E-state index contributed by atoms with van der Waals surface area (Å²) < 4.78 is 13.0. The number of halogens is 1. The van der Waals surface area contributed by atoms with Gasteiger partial charge in [0.1, 0.15) is 5.82 Å². The number of nitrogens with one attached hydrogen (secondary N) is 3. The zero-order valence-corrected chi connectivity index (χ0v) is 17.5. The molecule has 2 aromatic carbocycles. The summed E-state index contributed by atoms with van der Waals surface area (Å²) in [4.78, 5) is 38.3. The lowest BCUT2D eigenvalue weighted by Gasteiger charge is -2.35. The molecule has 0 fully saturated rings. The SMILES string of the molecule is CNC(=O)NC(=O)CCN1Cc2ccccc2CC1C(=O)NCCc1ccc(F)cc1. The molecule has 8 heteroatoms. The Labute approximate surface area is 181 Å². The van der Waals surface area contributed by atoms with Crippen LogP contribution in [0.5, 0.6) is 0 Å². The van der Waals surface area contributed by atoms with Crippen molar-refractivity contribution in [2.45, 2.75) is 31.8 Å². The Balaban J connectivity index is 1.61. The van der Waals surface area contributed by atoms with Crippen LogP contribution < -0.4 is 16.0 Å². The van der Waals surface area contributed by atoms with Gasteiger partial charge >= 0.3 is 6.03 Å². The molecule has 31 heavy (non-hydrogen) atoms. The van der Waals surface area contributed by atoms with E-state index in [1.54, 1.807) is 12.1 Å². The molecular weight excluding hydrogens is 399 g/mol. The lowest BCUT2D eigenvalue weighted by molar-refractivity contribution is -0.128. The molecule has 1 aliphatic rings. The van der Waals surface area contributed by atoms with Crippen molar-refractivity contribution in [1.82, 2.24) is 20.9 Å². The number of urea groups is 1. The minimum atomic E-state index is -0.552. The lowest BCUT2D eigenvalue weighted by atomic mass is 9.93. The molecule has 7 nitrogen and oxygen atoms in total. The van der Waals surface area contributed by atoms with E-state index in [2.05, 4.69) is 16.0 Å². The number of nitrogens with zero attached hydrogens (tertiary/aromatic N) is 1. The van der Waals surface area contributed by atoms with Crippen molar-refractivity contribution in [1.29, 1.82) is 0 Å². The molecular formula is C23H27FN4O3. The predicted octanol–water partition coefficient (Wildman–Crippen LogP) is 1.76. The summed E-state index contributed by atoms with van der Waals surface area (Å²) in [6.07, 6.45) is 1.26. The van der Waals surface area contributed by atoms with E-state index in [4.69, 9.17) is 0 Å². The van der Waals surface area contributed by atoms with Gasteiger partial charge in [-0.05, 0) is 41.7 Å². The summed E-state index contributed by atoms with van der Waals surface area (Å²) in [5.74, 6) is -0.790. The van der Waals surface area contributed by atoms with Crippen LogP contribution in [0.3, 0.4) is 0 Å². The molecule has 0 aromatic heterocycles. The van der Waals surface area contributed by atoms with Crippen LogP contribution >= 0.6 is 0 Å². The Morgan fingerprint density at radius 1 is 1.06 bits per heavy atom. The number of fused-ring (bicyclic) bond motifs is 1. The van der Waals surface area contributed by atoms with E-state index in [1.165, 1.54) is 19.2 Å². The Bertz CT molecular complexity index is 933. The smallest absolute Gasteiger partial charge is 0.321 e. The highest BCUT2D eigenvalue weighted by Gasteiger charge is 2.31. The second kappa shape index (κ2) is 10.7. The van der Waals surface area contributed by atoms with Crippen LogP contribution in [0.2, 0.25) is 0 Å². The molecule has 0 aliphatic carbocycles. The van der Waals surface area contributed by atoms with Crippen LogP contribution in [0.15, 0.2) is 48.5 Å². The number of imide groups is 1. The highest BCUT2D eigenvalue weighted by Crippen LogP contribution is 2.23. The third-order valence-electron chi connectivity index (χ3n) is 5.38. The number of amides is 4. The zero-order valence-electron chi connectivity index (χ0n) is 17.5. The summed E-state index contributed by atoms with van der Waals surface area (Å²) in [5, 5.41) is 7.56. The van der Waals surface area contributed by atoms with E-state index in [1.807, 2.05) is 29.2 Å². The van der Waals surface area contributed by atoms with Crippen LogP contribution in [0.25, 0.3) is 0 Å². The van der Waals surface area contributed by atoms with E-state index < -0.39 is 18.0 Å². The van der Waals surface area contributed by atoms with Gasteiger partial charge in [-0.25, -0.2) is 9.18 Å². The minimum Gasteiger partial charge on any atom is -0.354 e. The van der Waals surface area contributed by atoms with Crippen LogP contribution in [-0.4, -0.2) is 48.9 Å². The van der Waals surface area contributed by atoms with Gasteiger partial charge in [0.05, 0.1) is 6.04 Å². The molecule has 164 valence electrons. The van der Waals surface area contributed by atoms with E-state index in [0.717, 1.165) is 16.7 Å². The Kier molecular flexibility index (Phi) is 7.72. The molecule has 1 heterocycles. The standard InChI is InChI=1S/C23H27FN4O3/c1-25-23(31)27-21(29)11-13-28-15-18-5-3-2-4-17(18)14-20(28)22(30)26-12-10-16-6-8-19(24)9-7-16/h2-9,20H,10-15H2,1H3,(H,26,30)(H2,25,27,29,31). The Morgan fingerprint density at radius 2 is 1.77 bits per heavy atom. The first kappa shape index (κ1) is 22.4. The molecule has 3 rings (SSSR count). The maximum Gasteiger partial charge on any atom is 0.321 e. The molecule has 1 unspecified atom stereocenters. The molecule has 0 saturated heterocycles. The van der Waals surface area contributed by atoms with Crippen LogP contribution in [0, 0.1) is 5.82 Å². The summed E-state index contributed by atoms with van der Waals surface area (Å²) >= 11 is 0. The van der Waals surface area contributed by atoms with Gasteiger partial charge in [-0.2, -0.15) is 0 Å². The fourth-order valence-electron chi connectivity index (χ4n) is 3.67. The number of hydrogen-bond donors (Lipinski definition) is 3. The summed E-state index contributed by atoms with van der Waals surface area (Å²) in [6, 6.07) is 13.2. The van der Waals surface area contributed by atoms with Gasteiger partial charge in [0.25, 0.3) is 0 Å². The summed E-state index contributed by atoms with van der Waals surface area (Å²) in [6.45, 7) is 1.35. The van der Waals surface area contributed by atoms with Crippen molar-refractivity contribution in [3.05, 3.63) is 71.0 Å². The van der Waals surface area contributed by atoms with Gasteiger partial charge in [0, 0.05) is 33.1 Å². The average molecular weight is 426 g/mol. The first-order valence-electron chi connectivity index (χ1n) is 10.3. The molecule has 0 radical (unpaired) electrons. The van der Waals surface area contributed by atoms with E-state index in [-0.39, 0.29) is 18.1 Å². The molecule has 1 aliphatic heterocycles. The molecule has 3 N–H and O–H groups in total. The van der Waals surface area contributed by atoms with Crippen LogP contribution in [-0.2, 0) is 29.0 Å². The first-order chi connectivity index (χ1) is 15.0. The lowest BCUT2D eigenvalue weighted by Crippen LogP contribution is -2.51. The molecule has 1 atom stereocenters. The fourth-order valence-corrected chi connectivity index (χ4v) is 3.67. The van der Waals surface area contributed by atoms with E-state index in [9.17, 15) is 18.8 Å². The number of carbonyl (C=O) groups is 3. The topological polar surface area (TPSA) is 90.5 Å². The highest BCUT2D eigenvalue weighted by atomic mass is 19.1. The van der Waals surface area contributed by atoms with Gasteiger partial charge < -0.3 is 10.6 Å². The number of hydrogen-bond acceptors (Lipinski definition) is 4. The van der Waals surface area contributed by atoms with Crippen molar-refractivity contribution in [3.63, 3.8) is 0 Å². The molecule has 0 spiro atoms. The van der Waals surface area contributed by atoms with Crippen molar-refractivity contribution in [3.8, 4) is 0 Å². The second-order valence-electron chi connectivity index (χ2n) is 7.50. The van der Waals surface area contributed by atoms with Crippen molar-refractivity contribution in [2.24, 2.45) is 0 Å². The minimum absolute atomic E-state index is 0.106. The van der Waals surface area contributed by atoms with Gasteiger partial charge in [-0.1, -0.05) is 36.4 Å². The predicted molar refractivity (Wildman–Crippen MR) is 115 cm³/mol. The largest absolute Gasteiger partial charge is 0.354 e. The van der Waals surface area contributed by atoms with Gasteiger partial charge in [0.15, 0.2) is 0 Å². The number of carbonyl (C=O) groups excluding carboxylic acids is 3. The van der Waals surface area contributed by atoms with E-state index in [0.29, 0.717) is 32.5 Å². The maximum atomic E-state index is 13.0. The second-order valence-corrected chi connectivity index (χ2v) is 7.50.